The first-order valence-electron chi connectivity index (χ1n) is 6.90. The molecule has 2 aromatic rings. The number of nitrogens with zero attached hydrogens (tertiary/aromatic N) is 1. The minimum Gasteiger partial charge on any atom is -0.468 e. The molecule has 1 atom stereocenters. The Balaban J connectivity index is 1.92. The number of nitrogen functional groups attached to an aromatic ring is 1. The van der Waals surface area contributed by atoms with Crippen LogP contribution >= 0.6 is 11.6 Å². The molecule has 0 spiro atoms. The quantitative estimate of drug-likeness (QED) is 0.673. The second-order valence-electron chi connectivity index (χ2n) is 5.09. The Labute approximate surface area is 128 Å². The molecule has 0 aliphatic heterocycles. The molecule has 1 unspecified atom stereocenters. The maximum Gasteiger partial charge on any atom is 0.233 e. The Hall–Kier alpha value is -2.07. The topological polar surface area (TPSA) is 72.0 Å². The van der Waals surface area contributed by atoms with Gasteiger partial charge in [-0.15, -0.1) is 0 Å². The number of nitrogens with two attached hydrogens (primary N) is 1. The van der Waals surface area contributed by atoms with Gasteiger partial charge in [0, 0.05) is 11.8 Å². The van der Waals surface area contributed by atoms with Crippen LogP contribution < -0.4 is 10.5 Å². The molecule has 0 saturated heterocycles. The number of ether oxygens (including phenoxy) is 1. The molecule has 0 saturated carbocycles. The third-order valence-electron chi connectivity index (χ3n) is 3.72. The van der Waals surface area contributed by atoms with Crippen LogP contribution in [0.2, 0.25) is 5.02 Å². The molecule has 1 aromatic heterocycles. The minimum atomic E-state index is -0.0868. The van der Waals surface area contributed by atoms with Crippen LogP contribution in [0.4, 0.5) is 0 Å². The van der Waals surface area contributed by atoms with Crippen LogP contribution in [0, 0.1) is 5.41 Å². The highest BCUT2D eigenvalue weighted by atomic mass is 35.5. The summed E-state index contributed by atoms with van der Waals surface area (Å²) < 4.78 is 6.01. The maximum absolute atomic E-state index is 7.52. The van der Waals surface area contributed by atoms with E-state index in [9.17, 15) is 0 Å². The van der Waals surface area contributed by atoms with Crippen molar-refractivity contribution in [2.24, 2.45) is 5.73 Å². The van der Waals surface area contributed by atoms with Gasteiger partial charge in [-0.25, -0.2) is 4.98 Å². The molecule has 1 aliphatic rings. The third kappa shape index (κ3) is 2.72. The summed E-state index contributed by atoms with van der Waals surface area (Å²) in [4.78, 5) is 4.18. The predicted octanol–water partition coefficient (Wildman–Crippen LogP) is 3.48. The molecule has 1 aliphatic carbocycles. The van der Waals surface area contributed by atoms with Crippen LogP contribution in [0.25, 0.3) is 0 Å². The van der Waals surface area contributed by atoms with E-state index in [4.69, 9.17) is 27.5 Å². The van der Waals surface area contributed by atoms with E-state index in [0.717, 1.165) is 19.3 Å². The van der Waals surface area contributed by atoms with Gasteiger partial charge in [0.05, 0.1) is 0 Å². The molecule has 0 fully saturated rings. The Bertz CT molecular complexity index is 687. The Morgan fingerprint density at radius 3 is 2.95 bits per heavy atom. The van der Waals surface area contributed by atoms with E-state index in [2.05, 4.69) is 17.1 Å². The number of pyridine rings is 1. The van der Waals surface area contributed by atoms with Gasteiger partial charge in [-0.3, -0.25) is 5.41 Å². The first kappa shape index (κ1) is 13.9. The van der Waals surface area contributed by atoms with Gasteiger partial charge < -0.3 is 10.5 Å². The molecular weight excluding hydrogens is 286 g/mol. The van der Waals surface area contributed by atoms with Crippen LogP contribution in [0.3, 0.4) is 0 Å². The van der Waals surface area contributed by atoms with Crippen LogP contribution in [0.15, 0.2) is 36.5 Å². The highest BCUT2D eigenvalue weighted by molar-refractivity contribution is 6.35. The molecule has 4 nitrogen and oxygen atoms in total. The van der Waals surface area contributed by atoms with E-state index < -0.39 is 0 Å². The highest BCUT2D eigenvalue weighted by Gasteiger charge is 2.23. The fraction of sp³-hybridized carbons (Fsp3) is 0.250. The fourth-order valence-corrected chi connectivity index (χ4v) is 2.94. The lowest BCUT2D eigenvalue weighted by atomic mass is 9.89. The van der Waals surface area contributed by atoms with Crippen LogP contribution in [-0.4, -0.2) is 10.8 Å². The van der Waals surface area contributed by atoms with Crippen molar-refractivity contribution in [1.82, 2.24) is 4.98 Å². The molecule has 0 radical (unpaired) electrons. The summed E-state index contributed by atoms with van der Waals surface area (Å²) in [5.41, 5.74) is 8.46. The number of nitrogens with one attached hydrogen (secondary N) is 1. The predicted molar refractivity (Wildman–Crippen MR) is 83.0 cm³/mol. The number of fused-ring (bicyclic) bond motifs is 1. The normalized spacial score (nSPS) is 17.1. The molecule has 0 amide bonds. The standard InChI is InChI=1S/C16H16ClN3O/c17-14-12(15(18)19)8-9-20-16(14)21-13-7-3-5-10-4-1-2-6-11(10)13/h1-2,4,6,8-9,13H,3,5,7H2,(H3,18,19). The average molecular weight is 302 g/mol. The van der Waals surface area contributed by atoms with Crippen molar-refractivity contribution in [2.45, 2.75) is 25.4 Å². The monoisotopic (exact) mass is 301 g/mol. The van der Waals surface area contributed by atoms with Gasteiger partial charge in [0.25, 0.3) is 0 Å². The first-order chi connectivity index (χ1) is 10.2. The summed E-state index contributed by atoms with van der Waals surface area (Å²) in [7, 11) is 0. The SMILES string of the molecule is N=C(N)c1ccnc(OC2CCCc3ccccc32)c1Cl. The molecule has 1 heterocycles. The fourth-order valence-electron chi connectivity index (χ4n) is 2.68. The number of aryl methyl sites for hydroxylation is 1. The number of hydrogen-bond donors (Lipinski definition) is 2. The summed E-state index contributed by atoms with van der Waals surface area (Å²) >= 11 is 6.24. The summed E-state index contributed by atoms with van der Waals surface area (Å²) in [5.74, 6) is 0.252. The van der Waals surface area contributed by atoms with E-state index in [-0.39, 0.29) is 11.9 Å². The summed E-state index contributed by atoms with van der Waals surface area (Å²) in [6.45, 7) is 0. The number of rotatable bonds is 3. The van der Waals surface area contributed by atoms with Gasteiger partial charge in [-0.05, 0) is 36.5 Å². The van der Waals surface area contributed by atoms with Gasteiger partial charge in [-0.1, -0.05) is 35.9 Å². The minimum absolute atomic E-state index is 0.0536. The van der Waals surface area contributed by atoms with Crippen molar-refractivity contribution in [3.05, 3.63) is 58.2 Å². The maximum atomic E-state index is 7.52. The molecule has 5 heteroatoms. The number of aromatic nitrogens is 1. The Kier molecular flexibility index (Phi) is 3.80. The number of amidine groups is 1. The molecule has 3 rings (SSSR count). The first-order valence-corrected chi connectivity index (χ1v) is 7.28. The Morgan fingerprint density at radius 2 is 2.14 bits per heavy atom. The number of halogens is 1. The van der Waals surface area contributed by atoms with E-state index in [1.165, 1.54) is 11.1 Å². The zero-order chi connectivity index (χ0) is 14.8. The van der Waals surface area contributed by atoms with Crippen molar-refractivity contribution in [3.8, 4) is 5.88 Å². The summed E-state index contributed by atoms with van der Waals surface area (Å²) in [5, 5.41) is 7.82. The average Bonchev–Trinajstić information content (AvgIpc) is 2.49. The molecule has 3 N–H and O–H groups in total. The molecule has 0 bridgehead atoms. The van der Waals surface area contributed by atoms with E-state index >= 15 is 0 Å². The summed E-state index contributed by atoms with van der Waals surface area (Å²) in [6.07, 6.45) is 4.59. The largest absolute Gasteiger partial charge is 0.468 e. The lowest BCUT2D eigenvalue weighted by molar-refractivity contribution is 0.176. The van der Waals surface area contributed by atoms with Crippen molar-refractivity contribution in [1.29, 1.82) is 5.41 Å². The van der Waals surface area contributed by atoms with Crippen LogP contribution in [0.5, 0.6) is 5.88 Å². The highest BCUT2D eigenvalue weighted by Crippen LogP contribution is 2.35. The van der Waals surface area contributed by atoms with Gasteiger partial charge in [0.15, 0.2) is 0 Å². The zero-order valence-corrected chi connectivity index (χ0v) is 12.2. The van der Waals surface area contributed by atoms with Gasteiger partial charge in [-0.2, -0.15) is 0 Å². The van der Waals surface area contributed by atoms with Crippen molar-refractivity contribution in [2.75, 3.05) is 0 Å². The Morgan fingerprint density at radius 1 is 1.33 bits per heavy atom. The van der Waals surface area contributed by atoms with E-state index in [1.807, 2.05) is 12.1 Å². The second-order valence-corrected chi connectivity index (χ2v) is 5.47. The number of hydrogen-bond acceptors (Lipinski definition) is 3. The van der Waals surface area contributed by atoms with Crippen molar-refractivity contribution < 1.29 is 4.74 Å². The van der Waals surface area contributed by atoms with Gasteiger partial charge in [0.2, 0.25) is 5.88 Å². The van der Waals surface area contributed by atoms with Gasteiger partial charge in [0.1, 0.15) is 17.0 Å². The third-order valence-corrected chi connectivity index (χ3v) is 4.08. The lowest BCUT2D eigenvalue weighted by Crippen LogP contribution is -2.17. The smallest absolute Gasteiger partial charge is 0.233 e. The summed E-state index contributed by atoms with van der Waals surface area (Å²) in [6, 6.07) is 9.89. The zero-order valence-electron chi connectivity index (χ0n) is 11.5. The number of benzene rings is 1. The van der Waals surface area contributed by atoms with Crippen LogP contribution in [-0.2, 0) is 6.42 Å². The van der Waals surface area contributed by atoms with Crippen molar-refractivity contribution >= 4 is 17.4 Å². The molecule has 108 valence electrons. The van der Waals surface area contributed by atoms with Crippen LogP contribution in [0.1, 0.15) is 35.6 Å². The second kappa shape index (κ2) is 5.74. The van der Waals surface area contributed by atoms with Gasteiger partial charge >= 0.3 is 0 Å². The van der Waals surface area contributed by atoms with Crippen molar-refractivity contribution in [3.63, 3.8) is 0 Å². The molecule has 21 heavy (non-hydrogen) atoms. The molecular formula is C16H16ClN3O. The van der Waals surface area contributed by atoms with E-state index in [1.54, 1.807) is 12.3 Å². The molecule has 1 aromatic carbocycles. The lowest BCUT2D eigenvalue weighted by Gasteiger charge is -2.26. The van der Waals surface area contributed by atoms with E-state index in [0.29, 0.717) is 16.5 Å².